The van der Waals surface area contributed by atoms with Crippen molar-refractivity contribution in [1.29, 1.82) is 0 Å². The molecule has 1 aliphatic rings. The van der Waals surface area contributed by atoms with Crippen molar-refractivity contribution in [3.8, 4) is 11.4 Å². The van der Waals surface area contributed by atoms with Gasteiger partial charge in [0, 0.05) is 19.4 Å². The summed E-state index contributed by atoms with van der Waals surface area (Å²) < 4.78 is 3.76. The van der Waals surface area contributed by atoms with E-state index >= 15 is 0 Å². The van der Waals surface area contributed by atoms with Gasteiger partial charge in [-0.05, 0) is 83.6 Å². The molecule has 2 aromatic heterocycles. The van der Waals surface area contributed by atoms with Gasteiger partial charge >= 0.3 is 0 Å². The number of rotatable bonds is 6. The molecule has 0 atom stereocenters. The summed E-state index contributed by atoms with van der Waals surface area (Å²) in [6, 6.07) is 10.9. The van der Waals surface area contributed by atoms with E-state index in [1.54, 1.807) is 28.0 Å². The highest BCUT2D eigenvalue weighted by Crippen LogP contribution is 2.35. The number of thioether (sulfide) groups is 1. The number of halogens is 3. The van der Waals surface area contributed by atoms with Crippen molar-refractivity contribution in [1.82, 2.24) is 15.0 Å². The molecule has 4 aromatic rings. The third-order valence-electron chi connectivity index (χ3n) is 5.83. The molecule has 2 aromatic carbocycles. The predicted molar refractivity (Wildman–Crippen MR) is 160 cm³/mol. The van der Waals surface area contributed by atoms with Gasteiger partial charge in [0.2, 0.25) is 0 Å². The van der Waals surface area contributed by atoms with E-state index < -0.39 is 0 Å². The molecule has 1 amide bonds. The van der Waals surface area contributed by atoms with Crippen LogP contribution in [0.25, 0.3) is 15.9 Å². The van der Waals surface area contributed by atoms with Crippen LogP contribution in [0, 0.1) is 0 Å². The van der Waals surface area contributed by atoms with Gasteiger partial charge in [-0.3, -0.25) is 14.2 Å². The van der Waals surface area contributed by atoms with Gasteiger partial charge in [-0.1, -0.05) is 43.6 Å². The van der Waals surface area contributed by atoms with Crippen LogP contribution >= 0.6 is 70.9 Å². The van der Waals surface area contributed by atoms with Crippen LogP contribution in [-0.2, 0) is 17.6 Å². The van der Waals surface area contributed by atoms with Crippen molar-refractivity contribution in [3.05, 3.63) is 76.2 Å². The average molecular weight is 727 g/mol. The highest BCUT2D eigenvalue weighted by molar-refractivity contribution is 9.11. The van der Waals surface area contributed by atoms with Gasteiger partial charge in [0.15, 0.2) is 5.16 Å². The van der Waals surface area contributed by atoms with Crippen molar-refractivity contribution in [2.75, 3.05) is 5.75 Å². The lowest BCUT2D eigenvalue weighted by atomic mass is 9.97. The molecule has 0 saturated carbocycles. The van der Waals surface area contributed by atoms with Crippen LogP contribution in [0.3, 0.4) is 0 Å². The predicted octanol–water partition coefficient (Wildman–Crippen LogP) is 6.56. The fourth-order valence-corrected chi connectivity index (χ4v) is 7.75. The van der Waals surface area contributed by atoms with Crippen molar-refractivity contribution in [3.63, 3.8) is 0 Å². The Kier molecular flexibility index (Phi) is 8.20. The molecule has 0 saturated heterocycles. The van der Waals surface area contributed by atoms with Crippen LogP contribution in [0.4, 0.5) is 0 Å². The molecule has 0 fully saturated rings. The highest BCUT2D eigenvalue weighted by Gasteiger charge is 2.23. The number of amides is 1. The van der Waals surface area contributed by atoms with Crippen LogP contribution in [0.2, 0.25) is 0 Å². The Labute approximate surface area is 245 Å². The van der Waals surface area contributed by atoms with E-state index in [1.165, 1.54) is 22.9 Å². The fraction of sp³-hybridized carbons (Fsp3) is 0.200. The zero-order valence-electron chi connectivity index (χ0n) is 19.1. The Morgan fingerprint density at radius 1 is 1.16 bits per heavy atom. The molecule has 2 N–H and O–H groups in total. The van der Waals surface area contributed by atoms with E-state index in [4.69, 9.17) is 4.98 Å². The number of benzene rings is 2. The van der Waals surface area contributed by atoms with E-state index in [9.17, 15) is 14.7 Å². The number of hydrogen-bond donors (Lipinski definition) is 2. The number of carbonyl (C=O) groups excluding carboxylic acids is 1. The van der Waals surface area contributed by atoms with Crippen LogP contribution in [0.5, 0.6) is 5.75 Å². The van der Waals surface area contributed by atoms with Gasteiger partial charge in [0.05, 0.1) is 27.5 Å². The molecule has 5 rings (SSSR count). The average Bonchev–Trinajstić information content (AvgIpc) is 3.25. The van der Waals surface area contributed by atoms with E-state index in [0.717, 1.165) is 45.0 Å². The molecule has 2 heterocycles. The van der Waals surface area contributed by atoms with Gasteiger partial charge in [-0.15, -0.1) is 11.3 Å². The fourth-order valence-electron chi connectivity index (χ4n) is 4.12. The Balaban J connectivity index is 1.42. The molecule has 12 heteroatoms. The topological polar surface area (TPSA) is 96.6 Å². The van der Waals surface area contributed by atoms with Crippen molar-refractivity contribution >= 4 is 93.2 Å². The first-order chi connectivity index (χ1) is 17.8. The normalized spacial score (nSPS) is 13.3. The highest BCUT2D eigenvalue weighted by atomic mass is 79.9. The second-order valence-corrected chi connectivity index (χ2v) is 13.0. The molecule has 37 heavy (non-hydrogen) atoms. The number of fused-ring (bicyclic) bond motifs is 3. The van der Waals surface area contributed by atoms with Gasteiger partial charge in [0.1, 0.15) is 10.6 Å². The van der Waals surface area contributed by atoms with Crippen molar-refractivity contribution in [2.24, 2.45) is 5.10 Å². The Morgan fingerprint density at radius 3 is 2.70 bits per heavy atom. The number of carbonyl (C=O) groups is 1. The first-order valence-corrected chi connectivity index (χ1v) is 15.5. The molecule has 0 unspecified atom stereocenters. The first-order valence-electron chi connectivity index (χ1n) is 11.3. The number of hydrazone groups is 1. The molecule has 0 bridgehead atoms. The van der Waals surface area contributed by atoms with Crippen LogP contribution in [-0.4, -0.2) is 32.5 Å². The van der Waals surface area contributed by atoms with E-state index in [0.29, 0.717) is 26.3 Å². The van der Waals surface area contributed by atoms with Crippen molar-refractivity contribution in [2.45, 2.75) is 30.8 Å². The smallest absolute Gasteiger partial charge is 0.267 e. The van der Waals surface area contributed by atoms with E-state index in [2.05, 4.69) is 58.3 Å². The molecule has 0 spiro atoms. The number of nitrogens with zero attached hydrogens (tertiary/aromatic N) is 3. The number of nitrogens with one attached hydrogen (secondary N) is 1. The van der Waals surface area contributed by atoms with Gasteiger partial charge in [0.25, 0.3) is 11.5 Å². The maximum absolute atomic E-state index is 13.8. The van der Waals surface area contributed by atoms with E-state index in [1.807, 2.05) is 24.3 Å². The molecular weight excluding hydrogens is 708 g/mol. The standard InChI is InChI=1S/C25H19Br3N4O3S2/c26-14-5-7-16(8-6-14)32-24(35)21-17-3-1-2-4-19(17)37-23(21)30-25(32)36-12-20(33)31-29-11-13-9-15(27)10-18(28)22(13)34/h5-11,34H,1-4,12H2,(H,31,33). The number of aryl methyl sites for hydroxylation is 2. The second kappa shape index (κ2) is 11.4. The van der Waals surface area contributed by atoms with Crippen LogP contribution in [0.15, 0.2) is 64.9 Å². The monoisotopic (exact) mass is 724 g/mol. The van der Waals surface area contributed by atoms with Gasteiger partial charge < -0.3 is 5.11 Å². The lowest BCUT2D eigenvalue weighted by Crippen LogP contribution is -2.24. The Bertz CT molecular complexity index is 1600. The minimum atomic E-state index is -0.364. The molecular formula is C25H19Br3N4O3S2. The Morgan fingerprint density at radius 2 is 1.92 bits per heavy atom. The third kappa shape index (κ3) is 5.73. The number of hydrogen-bond acceptors (Lipinski definition) is 7. The summed E-state index contributed by atoms with van der Waals surface area (Å²) in [4.78, 5) is 33.2. The number of phenolic OH excluding ortho intramolecular Hbond substituents is 1. The van der Waals surface area contributed by atoms with Gasteiger partial charge in [-0.25, -0.2) is 10.4 Å². The summed E-state index contributed by atoms with van der Waals surface area (Å²) in [6.07, 6.45) is 5.43. The molecule has 0 radical (unpaired) electrons. The number of aromatic nitrogens is 2. The molecule has 7 nitrogen and oxygen atoms in total. The lowest BCUT2D eigenvalue weighted by molar-refractivity contribution is -0.118. The summed E-state index contributed by atoms with van der Waals surface area (Å²) in [7, 11) is 0. The number of phenols is 1. The third-order valence-corrected chi connectivity index (χ3v) is 9.54. The molecule has 0 aliphatic heterocycles. The molecule has 1 aliphatic carbocycles. The minimum absolute atomic E-state index is 0.00502. The largest absolute Gasteiger partial charge is 0.506 e. The summed E-state index contributed by atoms with van der Waals surface area (Å²) in [5.74, 6) is -0.340. The van der Waals surface area contributed by atoms with Crippen LogP contribution in [0.1, 0.15) is 28.8 Å². The summed E-state index contributed by atoms with van der Waals surface area (Å²) in [5.41, 5.74) is 4.62. The number of aromatic hydroxyl groups is 1. The SMILES string of the molecule is O=C(CSc1nc2sc3c(c2c(=O)n1-c1ccc(Br)cc1)CCCC3)NN=Cc1cc(Br)cc(Br)c1O. The Hall–Kier alpha value is -1.99. The van der Waals surface area contributed by atoms with Crippen LogP contribution < -0.4 is 11.0 Å². The summed E-state index contributed by atoms with van der Waals surface area (Å²) in [5, 5.41) is 15.3. The van der Waals surface area contributed by atoms with E-state index in [-0.39, 0.29) is 23.0 Å². The maximum Gasteiger partial charge on any atom is 0.267 e. The molecule has 190 valence electrons. The quantitative estimate of drug-likeness (QED) is 0.102. The zero-order valence-corrected chi connectivity index (χ0v) is 25.5. The van der Waals surface area contributed by atoms with Crippen molar-refractivity contribution < 1.29 is 9.90 Å². The summed E-state index contributed by atoms with van der Waals surface area (Å²) in [6.45, 7) is 0. The summed E-state index contributed by atoms with van der Waals surface area (Å²) >= 11 is 12.8. The first kappa shape index (κ1) is 26.6. The van der Waals surface area contributed by atoms with Gasteiger partial charge in [-0.2, -0.15) is 5.10 Å². The second-order valence-electron chi connectivity index (χ2n) is 8.31. The zero-order chi connectivity index (χ0) is 26.1. The maximum atomic E-state index is 13.8. The lowest BCUT2D eigenvalue weighted by Gasteiger charge is -2.13. The number of thiophene rings is 1. The minimum Gasteiger partial charge on any atom is -0.506 e.